The van der Waals surface area contributed by atoms with E-state index in [2.05, 4.69) is 0 Å². The minimum atomic E-state index is -0.327. The second-order valence-corrected chi connectivity index (χ2v) is 5.36. The Bertz CT molecular complexity index is 500. The van der Waals surface area contributed by atoms with E-state index in [1.165, 1.54) is 0 Å². The number of likely N-dealkylation sites (tertiary alicyclic amines) is 1. The topological polar surface area (TPSA) is 49.9 Å². The number of carbonyl (C=O) groups excluding carboxylic acids is 2. The van der Waals surface area contributed by atoms with Gasteiger partial charge >= 0.3 is 0 Å². The van der Waals surface area contributed by atoms with E-state index < -0.39 is 0 Å². The molecule has 0 saturated carbocycles. The van der Waals surface area contributed by atoms with Crippen molar-refractivity contribution in [3.63, 3.8) is 0 Å². The molecule has 1 unspecified atom stereocenters. The molecule has 1 aliphatic heterocycles. The molecule has 0 bridgehead atoms. The molecule has 1 saturated heterocycles. The molecule has 120 valence electrons. The maximum absolute atomic E-state index is 12.5. The Labute approximate surface area is 131 Å². The average molecular weight is 304 g/mol. The smallest absolute Gasteiger partial charge is 0.261 e. The molecule has 1 atom stereocenters. The lowest BCUT2D eigenvalue weighted by Gasteiger charge is -2.29. The Hall–Kier alpha value is -2.04. The zero-order valence-electron chi connectivity index (χ0n) is 13.3. The van der Waals surface area contributed by atoms with Crippen LogP contribution in [0.25, 0.3) is 0 Å². The van der Waals surface area contributed by atoms with Gasteiger partial charge in [0.2, 0.25) is 5.91 Å². The van der Waals surface area contributed by atoms with Gasteiger partial charge in [-0.15, -0.1) is 0 Å². The highest BCUT2D eigenvalue weighted by Crippen LogP contribution is 2.20. The molecule has 2 amide bonds. The molecule has 5 heteroatoms. The fraction of sp³-hybridized carbons (Fsp3) is 0.529. The molecular formula is C17H24N2O3. The van der Waals surface area contributed by atoms with Crippen molar-refractivity contribution in [1.29, 1.82) is 0 Å². The van der Waals surface area contributed by atoms with Gasteiger partial charge in [0.25, 0.3) is 5.91 Å². The van der Waals surface area contributed by atoms with Crippen LogP contribution < -0.4 is 4.74 Å². The third-order valence-corrected chi connectivity index (χ3v) is 4.04. The van der Waals surface area contributed by atoms with Gasteiger partial charge in [-0.2, -0.15) is 0 Å². The zero-order chi connectivity index (χ0) is 15.9. The number of carbonyl (C=O) groups is 2. The lowest BCUT2D eigenvalue weighted by Crippen LogP contribution is -2.48. The van der Waals surface area contributed by atoms with Gasteiger partial charge < -0.3 is 14.5 Å². The van der Waals surface area contributed by atoms with Crippen LogP contribution in [0, 0.1) is 0 Å². The number of amides is 2. The van der Waals surface area contributed by atoms with Crippen molar-refractivity contribution in [1.82, 2.24) is 9.80 Å². The van der Waals surface area contributed by atoms with Crippen LogP contribution in [0.2, 0.25) is 0 Å². The molecule has 1 heterocycles. The number of rotatable bonds is 6. The monoisotopic (exact) mass is 304 g/mol. The first kappa shape index (κ1) is 16.3. The quantitative estimate of drug-likeness (QED) is 0.807. The van der Waals surface area contributed by atoms with Crippen molar-refractivity contribution in [2.45, 2.75) is 32.7 Å². The first-order valence-corrected chi connectivity index (χ1v) is 7.93. The van der Waals surface area contributed by atoms with Crippen LogP contribution in [0.1, 0.15) is 26.7 Å². The number of hydrogen-bond donors (Lipinski definition) is 0. The molecule has 2 rings (SSSR count). The summed E-state index contributed by atoms with van der Waals surface area (Å²) < 4.78 is 5.51. The van der Waals surface area contributed by atoms with Gasteiger partial charge in [-0.05, 0) is 38.8 Å². The van der Waals surface area contributed by atoms with Crippen molar-refractivity contribution in [2.75, 3.05) is 26.2 Å². The summed E-state index contributed by atoms with van der Waals surface area (Å²) in [6.45, 7) is 5.88. The third kappa shape index (κ3) is 3.78. The summed E-state index contributed by atoms with van der Waals surface area (Å²) in [5.41, 5.74) is 0. The van der Waals surface area contributed by atoms with Gasteiger partial charge in [0.1, 0.15) is 11.8 Å². The summed E-state index contributed by atoms with van der Waals surface area (Å²) in [4.78, 5) is 28.3. The molecule has 0 aromatic heterocycles. The largest absolute Gasteiger partial charge is 0.484 e. The van der Waals surface area contributed by atoms with Crippen LogP contribution in [0.4, 0.5) is 0 Å². The Morgan fingerprint density at radius 1 is 1.23 bits per heavy atom. The van der Waals surface area contributed by atoms with Crippen LogP contribution in [-0.2, 0) is 9.59 Å². The van der Waals surface area contributed by atoms with Gasteiger partial charge in [0, 0.05) is 19.6 Å². The molecule has 0 radical (unpaired) electrons. The minimum Gasteiger partial charge on any atom is -0.484 e. The van der Waals surface area contributed by atoms with E-state index in [-0.39, 0.29) is 24.5 Å². The van der Waals surface area contributed by atoms with E-state index in [1.54, 1.807) is 9.80 Å². The van der Waals surface area contributed by atoms with E-state index in [9.17, 15) is 9.59 Å². The van der Waals surface area contributed by atoms with Gasteiger partial charge in [-0.25, -0.2) is 0 Å². The molecule has 0 N–H and O–H groups in total. The highest BCUT2D eigenvalue weighted by molar-refractivity contribution is 5.88. The molecule has 1 aromatic rings. The van der Waals surface area contributed by atoms with E-state index in [4.69, 9.17) is 4.74 Å². The van der Waals surface area contributed by atoms with Crippen LogP contribution in [0.5, 0.6) is 5.75 Å². The van der Waals surface area contributed by atoms with Crippen molar-refractivity contribution in [3.05, 3.63) is 30.3 Å². The Balaban J connectivity index is 1.94. The maximum Gasteiger partial charge on any atom is 0.261 e. The number of ether oxygens (including phenoxy) is 1. The molecule has 1 aromatic carbocycles. The van der Waals surface area contributed by atoms with Crippen LogP contribution in [0.3, 0.4) is 0 Å². The number of para-hydroxylation sites is 1. The average Bonchev–Trinajstić information content (AvgIpc) is 3.04. The number of likely N-dealkylation sites (N-methyl/N-ethyl adjacent to an activating group) is 1. The summed E-state index contributed by atoms with van der Waals surface area (Å²) in [6.07, 6.45) is 1.61. The first-order valence-electron chi connectivity index (χ1n) is 7.93. The summed E-state index contributed by atoms with van der Waals surface area (Å²) in [5.74, 6) is 0.601. The first-order chi connectivity index (χ1) is 10.7. The summed E-state index contributed by atoms with van der Waals surface area (Å²) in [5, 5.41) is 0. The fourth-order valence-electron chi connectivity index (χ4n) is 2.81. The molecule has 1 aliphatic rings. The standard InChI is InChI=1S/C17H24N2O3/c1-3-18(4-2)17(21)15-11-8-12-19(15)16(20)13-22-14-9-6-5-7-10-14/h5-7,9-10,15H,3-4,8,11-13H2,1-2H3. The Morgan fingerprint density at radius 2 is 1.91 bits per heavy atom. The van der Waals surface area contributed by atoms with E-state index >= 15 is 0 Å². The van der Waals surface area contributed by atoms with Crippen molar-refractivity contribution in [2.24, 2.45) is 0 Å². The molecule has 0 aliphatic carbocycles. The van der Waals surface area contributed by atoms with Crippen molar-refractivity contribution >= 4 is 11.8 Å². The highest BCUT2D eigenvalue weighted by Gasteiger charge is 2.35. The van der Waals surface area contributed by atoms with E-state index in [0.717, 1.165) is 12.8 Å². The van der Waals surface area contributed by atoms with Crippen LogP contribution >= 0.6 is 0 Å². The van der Waals surface area contributed by atoms with Crippen LogP contribution in [0.15, 0.2) is 30.3 Å². The second kappa shape index (κ2) is 7.82. The van der Waals surface area contributed by atoms with Gasteiger partial charge in [0.05, 0.1) is 0 Å². The predicted molar refractivity (Wildman–Crippen MR) is 84.6 cm³/mol. The predicted octanol–water partition coefficient (Wildman–Crippen LogP) is 1.92. The van der Waals surface area contributed by atoms with Gasteiger partial charge in [-0.3, -0.25) is 9.59 Å². The summed E-state index contributed by atoms with van der Waals surface area (Å²) >= 11 is 0. The number of nitrogens with zero attached hydrogens (tertiary/aromatic N) is 2. The molecule has 22 heavy (non-hydrogen) atoms. The lowest BCUT2D eigenvalue weighted by atomic mass is 10.2. The SMILES string of the molecule is CCN(CC)C(=O)C1CCCN1C(=O)COc1ccccc1. The van der Waals surface area contributed by atoms with Crippen molar-refractivity contribution < 1.29 is 14.3 Å². The Kier molecular flexibility index (Phi) is 5.81. The molecule has 0 spiro atoms. The number of benzene rings is 1. The Morgan fingerprint density at radius 3 is 2.55 bits per heavy atom. The van der Waals surface area contributed by atoms with Crippen molar-refractivity contribution in [3.8, 4) is 5.75 Å². The van der Waals surface area contributed by atoms with E-state index in [1.807, 2.05) is 44.2 Å². The maximum atomic E-state index is 12.5. The van der Waals surface area contributed by atoms with Gasteiger partial charge in [0.15, 0.2) is 6.61 Å². The minimum absolute atomic E-state index is 0.0218. The molecule has 5 nitrogen and oxygen atoms in total. The van der Waals surface area contributed by atoms with Crippen LogP contribution in [-0.4, -0.2) is 53.9 Å². The normalized spacial score (nSPS) is 17.4. The third-order valence-electron chi connectivity index (χ3n) is 4.04. The van der Waals surface area contributed by atoms with Gasteiger partial charge in [-0.1, -0.05) is 18.2 Å². The fourth-order valence-corrected chi connectivity index (χ4v) is 2.81. The molecule has 1 fully saturated rings. The summed E-state index contributed by atoms with van der Waals surface area (Å²) in [6, 6.07) is 8.93. The zero-order valence-corrected chi connectivity index (χ0v) is 13.3. The lowest BCUT2D eigenvalue weighted by molar-refractivity contribution is -0.144. The molecular weight excluding hydrogens is 280 g/mol. The summed E-state index contributed by atoms with van der Waals surface area (Å²) in [7, 11) is 0. The second-order valence-electron chi connectivity index (χ2n) is 5.36. The highest BCUT2D eigenvalue weighted by atomic mass is 16.5. The number of hydrogen-bond acceptors (Lipinski definition) is 3. The van der Waals surface area contributed by atoms with E-state index in [0.29, 0.717) is 25.4 Å².